The number of nitrogens with zero attached hydrogens (tertiary/aromatic N) is 2. The number of carboxylic acids is 1. The van der Waals surface area contributed by atoms with Crippen LogP contribution in [0.25, 0.3) is 0 Å². The van der Waals surface area contributed by atoms with Crippen molar-refractivity contribution >= 4 is 23.5 Å². The topological polar surface area (TPSA) is 99.1 Å². The molecule has 0 saturated heterocycles. The van der Waals surface area contributed by atoms with Crippen LogP contribution < -0.4 is 5.32 Å². The number of halogens is 1. The summed E-state index contributed by atoms with van der Waals surface area (Å²) in [5, 5.41) is 11.4. The molecule has 1 aliphatic heterocycles. The number of carboxylic acid groups (broad SMARTS) is 1. The lowest BCUT2D eigenvalue weighted by molar-refractivity contribution is -0.137. The highest BCUT2D eigenvalue weighted by Crippen LogP contribution is 2.46. The molecule has 196 valence electrons. The minimum atomic E-state index is -0.973. The number of benzene rings is 2. The molecule has 0 radical (unpaired) electrons. The molecule has 1 saturated carbocycles. The molecule has 2 N–H and O–H groups in total. The predicted octanol–water partition coefficient (Wildman–Crippen LogP) is 5.11. The zero-order chi connectivity index (χ0) is 26.6. The Morgan fingerprint density at radius 3 is 2.51 bits per heavy atom. The van der Waals surface area contributed by atoms with E-state index < -0.39 is 17.4 Å². The van der Waals surface area contributed by atoms with Gasteiger partial charge in [0.2, 0.25) is 0 Å². The fourth-order valence-corrected chi connectivity index (χ4v) is 5.41. The fourth-order valence-electron chi connectivity index (χ4n) is 5.41. The van der Waals surface area contributed by atoms with E-state index in [2.05, 4.69) is 19.2 Å². The Morgan fingerprint density at radius 2 is 1.89 bits per heavy atom. The normalized spacial score (nSPS) is 22.1. The highest BCUT2D eigenvalue weighted by Gasteiger charge is 2.51. The van der Waals surface area contributed by atoms with Crippen molar-refractivity contribution in [1.82, 2.24) is 10.2 Å². The second kappa shape index (κ2) is 11.2. The average molecular weight is 508 g/mol. The van der Waals surface area contributed by atoms with E-state index in [1.165, 1.54) is 12.1 Å². The van der Waals surface area contributed by atoms with Gasteiger partial charge in [-0.15, -0.1) is 0 Å². The molecule has 1 spiro atoms. The van der Waals surface area contributed by atoms with Crippen LogP contribution in [0.2, 0.25) is 0 Å². The molecule has 8 heteroatoms. The van der Waals surface area contributed by atoms with Crippen LogP contribution in [-0.4, -0.2) is 45.7 Å². The summed E-state index contributed by atoms with van der Waals surface area (Å²) in [4.78, 5) is 44.1. The van der Waals surface area contributed by atoms with Crippen molar-refractivity contribution in [1.29, 1.82) is 0 Å². The van der Waals surface area contributed by atoms with E-state index >= 15 is 0 Å². The van der Waals surface area contributed by atoms with Gasteiger partial charge in [0.1, 0.15) is 17.2 Å². The average Bonchev–Trinajstić information content (AvgIpc) is 3.16. The van der Waals surface area contributed by atoms with Crippen LogP contribution in [-0.2, 0) is 9.59 Å². The van der Waals surface area contributed by atoms with E-state index in [1.807, 2.05) is 17.0 Å². The van der Waals surface area contributed by atoms with Crippen molar-refractivity contribution in [2.75, 3.05) is 6.54 Å². The van der Waals surface area contributed by atoms with Crippen LogP contribution in [0.5, 0.6) is 0 Å². The molecule has 7 nitrogen and oxygen atoms in total. The molecular formula is C29H34FN3O4. The number of rotatable bonds is 9. The van der Waals surface area contributed by atoms with Crippen LogP contribution in [0.15, 0.2) is 53.5 Å². The number of amides is 2. The van der Waals surface area contributed by atoms with Crippen LogP contribution in [0.3, 0.4) is 0 Å². The summed E-state index contributed by atoms with van der Waals surface area (Å²) in [5.74, 6) is -1.35. The van der Waals surface area contributed by atoms with Gasteiger partial charge in [-0.1, -0.05) is 44.5 Å². The monoisotopic (exact) mass is 507 g/mol. The first-order valence-corrected chi connectivity index (χ1v) is 13.0. The molecule has 1 atom stereocenters. The van der Waals surface area contributed by atoms with Crippen molar-refractivity contribution in [3.05, 3.63) is 71.0 Å². The van der Waals surface area contributed by atoms with Gasteiger partial charge in [0.25, 0.3) is 11.8 Å². The van der Waals surface area contributed by atoms with Crippen LogP contribution in [0, 0.1) is 11.7 Å². The van der Waals surface area contributed by atoms with Gasteiger partial charge in [-0.25, -0.2) is 4.39 Å². The first-order valence-electron chi connectivity index (χ1n) is 13.0. The highest BCUT2D eigenvalue weighted by molar-refractivity contribution is 6.46. The number of nitrogens with one attached hydrogen (secondary N) is 1. The second-order valence-corrected chi connectivity index (χ2v) is 10.1. The molecule has 37 heavy (non-hydrogen) atoms. The SMILES string of the molecule is CCCC(c1ccc(C(=O)NCCC(=O)O)cc1)N1C(=O)C(c2cccc(F)c2)=NC12CCC(C)CC2. The van der Waals surface area contributed by atoms with E-state index in [0.717, 1.165) is 44.1 Å². The van der Waals surface area contributed by atoms with Crippen molar-refractivity contribution < 1.29 is 23.9 Å². The van der Waals surface area contributed by atoms with Gasteiger partial charge >= 0.3 is 5.97 Å². The minimum absolute atomic E-state index is 0.0534. The van der Waals surface area contributed by atoms with Gasteiger partial charge in [-0.2, -0.15) is 0 Å². The molecule has 2 aliphatic rings. The maximum Gasteiger partial charge on any atom is 0.305 e. The van der Waals surface area contributed by atoms with Crippen molar-refractivity contribution in [2.24, 2.45) is 10.9 Å². The number of aliphatic carboxylic acids is 1. The molecular weight excluding hydrogens is 473 g/mol. The van der Waals surface area contributed by atoms with E-state index in [-0.39, 0.29) is 30.8 Å². The molecule has 2 aromatic carbocycles. The third-order valence-electron chi connectivity index (χ3n) is 7.42. The molecule has 2 amide bonds. The fraction of sp³-hybridized carbons (Fsp3) is 0.448. The van der Waals surface area contributed by atoms with Crippen LogP contribution >= 0.6 is 0 Å². The Morgan fingerprint density at radius 1 is 1.19 bits per heavy atom. The van der Waals surface area contributed by atoms with Gasteiger partial charge < -0.3 is 15.3 Å². The van der Waals surface area contributed by atoms with E-state index in [4.69, 9.17) is 10.1 Å². The Balaban J connectivity index is 1.65. The molecule has 0 aromatic heterocycles. The van der Waals surface area contributed by atoms with E-state index in [0.29, 0.717) is 22.8 Å². The quantitative estimate of drug-likeness (QED) is 0.493. The van der Waals surface area contributed by atoms with E-state index in [9.17, 15) is 18.8 Å². The minimum Gasteiger partial charge on any atom is -0.481 e. The number of hydrogen-bond donors (Lipinski definition) is 2. The smallest absolute Gasteiger partial charge is 0.305 e. The summed E-state index contributed by atoms with van der Waals surface area (Å²) in [6, 6.07) is 12.9. The Kier molecular flexibility index (Phi) is 8.05. The molecule has 2 aromatic rings. The molecule has 1 heterocycles. The number of hydrogen-bond acceptors (Lipinski definition) is 4. The number of carbonyl (C=O) groups is 3. The van der Waals surface area contributed by atoms with Gasteiger partial charge in [-0.3, -0.25) is 19.4 Å². The van der Waals surface area contributed by atoms with Crippen molar-refractivity contribution in [3.8, 4) is 0 Å². The lowest BCUT2D eigenvalue weighted by Gasteiger charge is -2.45. The van der Waals surface area contributed by atoms with Crippen molar-refractivity contribution in [3.63, 3.8) is 0 Å². The summed E-state index contributed by atoms with van der Waals surface area (Å²) in [6.07, 6.45) is 4.84. The largest absolute Gasteiger partial charge is 0.481 e. The molecule has 4 rings (SSSR count). The number of carbonyl (C=O) groups excluding carboxylic acids is 2. The van der Waals surface area contributed by atoms with Gasteiger partial charge in [0, 0.05) is 17.7 Å². The van der Waals surface area contributed by atoms with Gasteiger partial charge in [-0.05, 0) is 67.9 Å². The van der Waals surface area contributed by atoms with Crippen LogP contribution in [0.1, 0.15) is 86.3 Å². The summed E-state index contributed by atoms with van der Waals surface area (Å²) >= 11 is 0. The Hall–Kier alpha value is -3.55. The molecule has 1 aliphatic carbocycles. The Bertz CT molecular complexity index is 1190. The molecule has 1 fully saturated rings. The first-order chi connectivity index (χ1) is 17.7. The zero-order valence-electron chi connectivity index (χ0n) is 21.4. The standard InChI is InChI=1S/C29H34FN3O4/c1-3-5-24(20-8-10-21(11-9-20)27(36)31-17-14-25(34)35)33-28(37)26(22-6-4-7-23(30)18-22)32-29(33)15-12-19(2)13-16-29/h4,6-11,18-19,24H,3,5,12-17H2,1-2H3,(H,31,36)(H,34,35). The van der Waals surface area contributed by atoms with Crippen molar-refractivity contribution in [2.45, 2.75) is 70.5 Å². The first kappa shape index (κ1) is 26.5. The summed E-state index contributed by atoms with van der Waals surface area (Å²) in [7, 11) is 0. The number of aliphatic imine (C=N–C) groups is 1. The van der Waals surface area contributed by atoms with Crippen LogP contribution in [0.4, 0.5) is 4.39 Å². The summed E-state index contributed by atoms with van der Waals surface area (Å²) in [5.41, 5.74) is 1.47. The summed E-state index contributed by atoms with van der Waals surface area (Å²) < 4.78 is 14.1. The Labute approximate surface area is 216 Å². The van der Waals surface area contributed by atoms with E-state index in [1.54, 1.807) is 24.3 Å². The third kappa shape index (κ3) is 5.73. The van der Waals surface area contributed by atoms with Gasteiger partial charge in [0.05, 0.1) is 12.5 Å². The maximum absolute atomic E-state index is 14.1. The highest BCUT2D eigenvalue weighted by atomic mass is 19.1. The lowest BCUT2D eigenvalue weighted by Crippen LogP contribution is -2.50. The second-order valence-electron chi connectivity index (χ2n) is 10.1. The molecule has 0 bridgehead atoms. The predicted molar refractivity (Wildman–Crippen MR) is 139 cm³/mol. The summed E-state index contributed by atoms with van der Waals surface area (Å²) in [6.45, 7) is 4.34. The third-order valence-corrected chi connectivity index (χ3v) is 7.42. The lowest BCUT2D eigenvalue weighted by atomic mass is 9.81. The maximum atomic E-state index is 14.1. The van der Waals surface area contributed by atoms with Gasteiger partial charge in [0.15, 0.2) is 0 Å². The molecule has 1 unspecified atom stereocenters. The zero-order valence-corrected chi connectivity index (χ0v) is 21.4.